The summed E-state index contributed by atoms with van der Waals surface area (Å²) >= 11 is 0. The summed E-state index contributed by atoms with van der Waals surface area (Å²) in [4.78, 5) is 15.1. The number of amides is 1. The monoisotopic (exact) mass is 331 g/mol. The average molecular weight is 331 g/mol. The molecule has 0 radical (unpaired) electrons. The summed E-state index contributed by atoms with van der Waals surface area (Å²) in [6.07, 6.45) is 3.36. The maximum absolute atomic E-state index is 12.9. The van der Waals surface area contributed by atoms with Crippen molar-refractivity contribution in [2.45, 2.75) is 31.2 Å². The normalized spacial score (nSPS) is 21.5. The molecule has 1 aromatic carbocycles. The van der Waals surface area contributed by atoms with E-state index in [1.54, 1.807) is 0 Å². The summed E-state index contributed by atoms with van der Waals surface area (Å²) < 4.78 is 5.41. The van der Waals surface area contributed by atoms with E-state index in [9.17, 15) is 4.79 Å². The summed E-state index contributed by atoms with van der Waals surface area (Å²) in [5.74, 6) is 0.0884. The molecule has 132 valence electrons. The number of nitrogens with one attached hydrogen (secondary N) is 1. The van der Waals surface area contributed by atoms with Crippen LogP contribution in [0.3, 0.4) is 0 Å². The lowest BCUT2D eigenvalue weighted by atomic mass is 9.79. The molecule has 0 aromatic heterocycles. The molecule has 2 aliphatic rings. The third kappa shape index (κ3) is 3.08. The predicted octanol–water partition coefficient (Wildman–Crippen LogP) is 0.957. The van der Waals surface area contributed by atoms with Crippen LogP contribution in [0.5, 0.6) is 0 Å². The molecule has 1 aliphatic heterocycles. The van der Waals surface area contributed by atoms with Crippen LogP contribution in [0.1, 0.15) is 24.0 Å². The zero-order chi connectivity index (χ0) is 17.2. The van der Waals surface area contributed by atoms with Gasteiger partial charge in [0.2, 0.25) is 5.91 Å². The SMILES string of the molecule is CN(C)C1(CNC(=O)C2(CN)CCOCC2)Cc2ccccc2C1. The summed E-state index contributed by atoms with van der Waals surface area (Å²) in [6.45, 7) is 2.28. The van der Waals surface area contributed by atoms with E-state index in [0.29, 0.717) is 39.1 Å². The van der Waals surface area contributed by atoms with E-state index in [4.69, 9.17) is 10.5 Å². The molecule has 1 saturated heterocycles. The van der Waals surface area contributed by atoms with Gasteiger partial charge >= 0.3 is 0 Å². The van der Waals surface area contributed by atoms with Crippen molar-refractivity contribution >= 4 is 5.91 Å². The van der Waals surface area contributed by atoms with Crippen molar-refractivity contribution in [2.24, 2.45) is 11.1 Å². The Labute approximate surface area is 144 Å². The van der Waals surface area contributed by atoms with E-state index in [1.165, 1.54) is 11.1 Å². The van der Waals surface area contributed by atoms with Crippen molar-refractivity contribution in [3.63, 3.8) is 0 Å². The van der Waals surface area contributed by atoms with Gasteiger partial charge in [-0.15, -0.1) is 0 Å². The zero-order valence-electron chi connectivity index (χ0n) is 14.8. The van der Waals surface area contributed by atoms with Crippen LogP contribution in [0, 0.1) is 5.41 Å². The fourth-order valence-corrected chi connectivity index (χ4v) is 3.99. The van der Waals surface area contributed by atoms with Gasteiger partial charge in [0.15, 0.2) is 0 Å². The zero-order valence-corrected chi connectivity index (χ0v) is 14.8. The maximum Gasteiger partial charge on any atom is 0.227 e. The van der Waals surface area contributed by atoms with E-state index in [-0.39, 0.29) is 11.4 Å². The Morgan fingerprint density at radius 3 is 2.29 bits per heavy atom. The van der Waals surface area contributed by atoms with Crippen LogP contribution >= 0.6 is 0 Å². The van der Waals surface area contributed by atoms with Gasteiger partial charge in [-0.25, -0.2) is 0 Å². The Kier molecular flexibility index (Phi) is 4.95. The standard InChI is InChI=1S/C19H29N3O2/c1-22(2)19(11-15-5-3-4-6-16(15)12-19)14-21-17(23)18(13-20)7-9-24-10-8-18/h3-6H,7-14,20H2,1-2H3,(H,21,23). The second-order valence-corrected chi connectivity index (χ2v) is 7.52. The Morgan fingerprint density at radius 2 is 1.79 bits per heavy atom. The maximum atomic E-state index is 12.9. The van der Waals surface area contributed by atoms with Gasteiger partial charge in [-0.1, -0.05) is 24.3 Å². The molecule has 1 aromatic rings. The van der Waals surface area contributed by atoms with Crippen LogP contribution < -0.4 is 11.1 Å². The molecule has 0 atom stereocenters. The van der Waals surface area contributed by atoms with Gasteiger partial charge < -0.3 is 20.7 Å². The molecule has 1 fully saturated rings. The lowest BCUT2D eigenvalue weighted by Gasteiger charge is -2.39. The number of nitrogens with zero attached hydrogens (tertiary/aromatic N) is 1. The van der Waals surface area contributed by atoms with Gasteiger partial charge in [-0.2, -0.15) is 0 Å². The smallest absolute Gasteiger partial charge is 0.227 e. The molecule has 1 heterocycles. The molecule has 3 rings (SSSR count). The number of fused-ring (bicyclic) bond motifs is 1. The highest BCUT2D eigenvalue weighted by Gasteiger charge is 2.43. The third-order valence-corrected chi connectivity index (χ3v) is 6.01. The molecule has 5 nitrogen and oxygen atoms in total. The Hall–Kier alpha value is -1.43. The van der Waals surface area contributed by atoms with Crippen LogP contribution in [0.4, 0.5) is 0 Å². The summed E-state index contributed by atoms with van der Waals surface area (Å²) in [5, 5.41) is 3.23. The number of likely N-dealkylation sites (N-methyl/N-ethyl adjacent to an activating group) is 1. The molecule has 0 spiro atoms. The largest absolute Gasteiger partial charge is 0.381 e. The minimum absolute atomic E-state index is 0.0553. The minimum Gasteiger partial charge on any atom is -0.381 e. The first-order valence-electron chi connectivity index (χ1n) is 8.82. The number of rotatable bonds is 5. The Bertz CT molecular complexity index is 569. The number of carbonyl (C=O) groups is 1. The number of carbonyl (C=O) groups excluding carboxylic acids is 1. The van der Waals surface area contributed by atoms with E-state index in [1.807, 2.05) is 0 Å². The lowest BCUT2D eigenvalue weighted by molar-refractivity contribution is -0.136. The number of ether oxygens (including phenoxy) is 1. The molecule has 0 saturated carbocycles. The minimum atomic E-state index is -0.461. The third-order valence-electron chi connectivity index (χ3n) is 6.01. The molecule has 1 amide bonds. The highest BCUT2D eigenvalue weighted by molar-refractivity contribution is 5.83. The van der Waals surface area contributed by atoms with Gasteiger partial charge in [-0.05, 0) is 50.9 Å². The van der Waals surface area contributed by atoms with Gasteiger partial charge in [-0.3, -0.25) is 4.79 Å². The van der Waals surface area contributed by atoms with Crippen molar-refractivity contribution in [2.75, 3.05) is 40.4 Å². The lowest BCUT2D eigenvalue weighted by Crippen LogP contribution is -2.57. The van der Waals surface area contributed by atoms with Crippen LogP contribution in [0.15, 0.2) is 24.3 Å². The molecular weight excluding hydrogens is 302 g/mol. The highest BCUT2D eigenvalue weighted by Crippen LogP contribution is 2.34. The molecule has 5 heteroatoms. The van der Waals surface area contributed by atoms with Crippen molar-refractivity contribution in [3.05, 3.63) is 35.4 Å². The molecule has 3 N–H and O–H groups in total. The fourth-order valence-electron chi connectivity index (χ4n) is 3.99. The number of nitrogens with two attached hydrogens (primary N) is 1. The number of benzene rings is 1. The average Bonchev–Trinajstić information content (AvgIpc) is 3.00. The first-order valence-corrected chi connectivity index (χ1v) is 8.82. The van der Waals surface area contributed by atoms with Crippen molar-refractivity contribution in [3.8, 4) is 0 Å². The summed E-state index contributed by atoms with van der Waals surface area (Å²) in [6, 6.07) is 8.58. The summed E-state index contributed by atoms with van der Waals surface area (Å²) in [7, 11) is 4.20. The topological polar surface area (TPSA) is 67.6 Å². The van der Waals surface area contributed by atoms with Crippen LogP contribution in [-0.4, -0.2) is 56.7 Å². The van der Waals surface area contributed by atoms with E-state index in [2.05, 4.69) is 48.6 Å². The number of hydrogen-bond donors (Lipinski definition) is 2. The van der Waals surface area contributed by atoms with Crippen molar-refractivity contribution in [1.82, 2.24) is 10.2 Å². The van der Waals surface area contributed by atoms with Crippen LogP contribution in [0.2, 0.25) is 0 Å². The predicted molar refractivity (Wildman–Crippen MR) is 94.8 cm³/mol. The first-order chi connectivity index (χ1) is 11.5. The van der Waals surface area contributed by atoms with E-state index < -0.39 is 5.41 Å². The molecule has 24 heavy (non-hydrogen) atoms. The summed E-state index contributed by atoms with van der Waals surface area (Å²) in [5.41, 5.74) is 8.22. The molecule has 0 bridgehead atoms. The van der Waals surface area contributed by atoms with Crippen LogP contribution in [0.25, 0.3) is 0 Å². The van der Waals surface area contributed by atoms with Crippen molar-refractivity contribution < 1.29 is 9.53 Å². The van der Waals surface area contributed by atoms with Crippen molar-refractivity contribution in [1.29, 1.82) is 0 Å². The quantitative estimate of drug-likeness (QED) is 0.843. The van der Waals surface area contributed by atoms with Gasteiger partial charge in [0.25, 0.3) is 0 Å². The van der Waals surface area contributed by atoms with E-state index in [0.717, 1.165) is 12.8 Å². The van der Waals surface area contributed by atoms with E-state index >= 15 is 0 Å². The second-order valence-electron chi connectivity index (χ2n) is 7.52. The second kappa shape index (κ2) is 6.82. The molecule has 0 unspecified atom stereocenters. The van der Waals surface area contributed by atoms with Gasteiger partial charge in [0.05, 0.1) is 5.41 Å². The number of hydrogen-bond acceptors (Lipinski definition) is 4. The Morgan fingerprint density at radius 1 is 1.21 bits per heavy atom. The Balaban J connectivity index is 1.71. The first kappa shape index (κ1) is 17.4. The van der Waals surface area contributed by atoms with Gasteiger partial charge in [0, 0.05) is 31.8 Å². The molecule has 1 aliphatic carbocycles. The van der Waals surface area contributed by atoms with Gasteiger partial charge in [0.1, 0.15) is 0 Å². The fraction of sp³-hybridized carbons (Fsp3) is 0.632. The highest BCUT2D eigenvalue weighted by atomic mass is 16.5. The van der Waals surface area contributed by atoms with Crippen LogP contribution in [-0.2, 0) is 22.4 Å². The molecular formula is C19H29N3O2.